The first kappa shape index (κ1) is 16.6. The number of aliphatic carboxylic acids is 1. The third-order valence-electron chi connectivity index (χ3n) is 2.61. The lowest BCUT2D eigenvalue weighted by Crippen LogP contribution is -2.44. The average Bonchev–Trinajstić information content (AvgIpc) is 2.40. The molecule has 0 aliphatic heterocycles. The van der Waals surface area contributed by atoms with Gasteiger partial charge in [0, 0.05) is 19.7 Å². The molecule has 0 radical (unpaired) electrons. The summed E-state index contributed by atoms with van der Waals surface area (Å²) in [6.45, 7) is 1.31. The molecule has 0 aromatic heterocycles. The van der Waals surface area contributed by atoms with Gasteiger partial charge in [0.05, 0.1) is 13.0 Å². The van der Waals surface area contributed by atoms with E-state index in [0.717, 1.165) is 0 Å². The number of rotatable bonds is 7. The van der Waals surface area contributed by atoms with Gasteiger partial charge < -0.3 is 20.5 Å². The molecule has 2 amide bonds. The van der Waals surface area contributed by atoms with Crippen molar-refractivity contribution in [2.75, 3.05) is 19.0 Å². The normalized spacial score (nSPS) is 11.5. The largest absolute Gasteiger partial charge is 0.480 e. The van der Waals surface area contributed by atoms with Gasteiger partial charge in [0.25, 0.3) is 0 Å². The van der Waals surface area contributed by atoms with Crippen LogP contribution in [0.5, 0.6) is 0 Å². The molecule has 0 aliphatic rings. The number of amides is 2. The summed E-state index contributed by atoms with van der Waals surface area (Å²) in [5.41, 5.74) is 1.35. The fourth-order valence-electron chi connectivity index (χ4n) is 1.68. The third-order valence-corrected chi connectivity index (χ3v) is 2.61. The van der Waals surface area contributed by atoms with Crippen LogP contribution in [-0.4, -0.2) is 42.6 Å². The van der Waals surface area contributed by atoms with E-state index in [-0.39, 0.29) is 18.9 Å². The Balaban J connectivity index is 2.57. The van der Waals surface area contributed by atoms with Crippen molar-refractivity contribution in [2.24, 2.45) is 0 Å². The monoisotopic (exact) mass is 294 g/mol. The molecule has 1 aromatic rings. The summed E-state index contributed by atoms with van der Waals surface area (Å²) in [5.74, 6) is -1.73. The number of hydrogen-bond donors (Lipinski definition) is 3. The molecule has 1 atom stereocenters. The number of carboxylic acids is 1. The SMILES string of the molecule is COCC(NC(=O)Cc1ccc(NC(C)=O)cc1)C(=O)O. The summed E-state index contributed by atoms with van der Waals surface area (Å²) in [5, 5.41) is 13.9. The lowest BCUT2D eigenvalue weighted by atomic mass is 10.1. The van der Waals surface area contributed by atoms with E-state index in [1.165, 1.54) is 14.0 Å². The van der Waals surface area contributed by atoms with E-state index in [1.54, 1.807) is 24.3 Å². The van der Waals surface area contributed by atoms with Crippen LogP contribution in [0.4, 0.5) is 5.69 Å². The zero-order valence-corrected chi connectivity index (χ0v) is 11.9. The molecule has 1 unspecified atom stereocenters. The number of carboxylic acid groups (broad SMARTS) is 1. The molecule has 0 saturated heterocycles. The summed E-state index contributed by atoms with van der Waals surface area (Å²) < 4.78 is 4.73. The van der Waals surface area contributed by atoms with Crippen LogP contribution in [0, 0.1) is 0 Å². The van der Waals surface area contributed by atoms with E-state index in [4.69, 9.17) is 9.84 Å². The van der Waals surface area contributed by atoms with Crippen molar-refractivity contribution in [3.63, 3.8) is 0 Å². The fourth-order valence-corrected chi connectivity index (χ4v) is 1.68. The maximum absolute atomic E-state index is 11.8. The zero-order chi connectivity index (χ0) is 15.8. The first-order valence-corrected chi connectivity index (χ1v) is 6.30. The van der Waals surface area contributed by atoms with Gasteiger partial charge >= 0.3 is 5.97 Å². The lowest BCUT2D eigenvalue weighted by molar-refractivity contribution is -0.143. The average molecular weight is 294 g/mol. The summed E-state index contributed by atoms with van der Waals surface area (Å²) in [6.07, 6.45) is 0.0495. The van der Waals surface area contributed by atoms with Crippen LogP contribution in [0.3, 0.4) is 0 Å². The van der Waals surface area contributed by atoms with Gasteiger partial charge in [0.15, 0.2) is 6.04 Å². The van der Waals surface area contributed by atoms with Gasteiger partial charge in [0.2, 0.25) is 11.8 Å². The van der Waals surface area contributed by atoms with E-state index < -0.39 is 17.9 Å². The van der Waals surface area contributed by atoms with E-state index >= 15 is 0 Å². The molecule has 1 rings (SSSR count). The van der Waals surface area contributed by atoms with Gasteiger partial charge in [-0.1, -0.05) is 12.1 Å². The second kappa shape index (κ2) is 8.01. The lowest BCUT2D eigenvalue weighted by Gasteiger charge is -2.13. The summed E-state index contributed by atoms with van der Waals surface area (Å²) in [4.78, 5) is 33.5. The van der Waals surface area contributed by atoms with Crippen LogP contribution >= 0.6 is 0 Å². The van der Waals surface area contributed by atoms with Gasteiger partial charge in [-0.25, -0.2) is 4.79 Å². The molecule has 0 heterocycles. The minimum atomic E-state index is -1.15. The van der Waals surface area contributed by atoms with Crippen LogP contribution in [-0.2, 0) is 25.5 Å². The summed E-state index contributed by atoms with van der Waals surface area (Å²) >= 11 is 0. The highest BCUT2D eigenvalue weighted by Crippen LogP contribution is 2.10. The van der Waals surface area contributed by atoms with Crippen molar-refractivity contribution in [3.8, 4) is 0 Å². The van der Waals surface area contributed by atoms with Crippen LogP contribution in [0.15, 0.2) is 24.3 Å². The Morgan fingerprint density at radius 3 is 2.33 bits per heavy atom. The van der Waals surface area contributed by atoms with Crippen molar-refractivity contribution in [2.45, 2.75) is 19.4 Å². The number of nitrogens with one attached hydrogen (secondary N) is 2. The predicted octanol–water partition coefficient (Wildman–Crippen LogP) is 0.403. The highest BCUT2D eigenvalue weighted by atomic mass is 16.5. The highest BCUT2D eigenvalue weighted by molar-refractivity contribution is 5.89. The van der Waals surface area contributed by atoms with Crippen molar-refractivity contribution in [1.82, 2.24) is 5.32 Å². The number of anilines is 1. The Morgan fingerprint density at radius 2 is 1.86 bits per heavy atom. The highest BCUT2D eigenvalue weighted by Gasteiger charge is 2.19. The Morgan fingerprint density at radius 1 is 1.24 bits per heavy atom. The molecule has 7 nitrogen and oxygen atoms in total. The van der Waals surface area contributed by atoms with Gasteiger partial charge in [-0.05, 0) is 17.7 Å². The third kappa shape index (κ3) is 6.05. The van der Waals surface area contributed by atoms with Crippen molar-refractivity contribution >= 4 is 23.5 Å². The fraction of sp³-hybridized carbons (Fsp3) is 0.357. The molecule has 3 N–H and O–H groups in total. The first-order valence-electron chi connectivity index (χ1n) is 6.30. The predicted molar refractivity (Wildman–Crippen MR) is 75.9 cm³/mol. The number of benzene rings is 1. The molecular weight excluding hydrogens is 276 g/mol. The molecule has 0 spiro atoms. The van der Waals surface area contributed by atoms with Gasteiger partial charge in [-0.2, -0.15) is 0 Å². The zero-order valence-electron chi connectivity index (χ0n) is 11.9. The second-order valence-electron chi connectivity index (χ2n) is 4.47. The van der Waals surface area contributed by atoms with Crippen molar-refractivity contribution < 1.29 is 24.2 Å². The molecule has 7 heteroatoms. The maximum Gasteiger partial charge on any atom is 0.328 e. The number of ether oxygens (including phenoxy) is 1. The second-order valence-corrected chi connectivity index (χ2v) is 4.47. The van der Waals surface area contributed by atoms with Gasteiger partial charge in [-0.3, -0.25) is 9.59 Å². The first-order chi connectivity index (χ1) is 9.92. The van der Waals surface area contributed by atoms with E-state index in [0.29, 0.717) is 11.3 Å². The Labute approximate surface area is 122 Å². The van der Waals surface area contributed by atoms with E-state index in [2.05, 4.69) is 10.6 Å². The Kier molecular flexibility index (Phi) is 6.35. The molecule has 114 valence electrons. The summed E-state index contributed by atoms with van der Waals surface area (Å²) in [6, 6.07) is 5.66. The Bertz CT molecular complexity index is 513. The smallest absolute Gasteiger partial charge is 0.328 e. The van der Waals surface area contributed by atoms with Crippen LogP contribution < -0.4 is 10.6 Å². The Hall–Kier alpha value is -2.41. The van der Waals surface area contributed by atoms with Crippen molar-refractivity contribution in [3.05, 3.63) is 29.8 Å². The minimum absolute atomic E-state index is 0.0495. The number of carbonyl (C=O) groups is 3. The quantitative estimate of drug-likeness (QED) is 0.675. The van der Waals surface area contributed by atoms with Gasteiger partial charge in [-0.15, -0.1) is 0 Å². The number of carbonyl (C=O) groups excluding carboxylic acids is 2. The van der Waals surface area contributed by atoms with Gasteiger partial charge in [0.1, 0.15) is 0 Å². The standard InChI is InChI=1S/C14H18N2O5/c1-9(17)15-11-5-3-10(4-6-11)7-13(18)16-12(8-21-2)14(19)20/h3-6,12H,7-8H2,1-2H3,(H,15,17)(H,16,18)(H,19,20). The molecule has 0 fully saturated rings. The van der Waals surface area contributed by atoms with Crippen LogP contribution in [0.2, 0.25) is 0 Å². The van der Waals surface area contributed by atoms with E-state index in [1.807, 2.05) is 0 Å². The number of methoxy groups -OCH3 is 1. The summed E-state index contributed by atoms with van der Waals surface area (Å²) in [7, 11) is 1.36. The molecule has 0 saturated carbocycles. The topological polar surface area (TPSA) is 105 Å². The van der Waals surface area contributed by atoms with Crippen LogP contribution in [0.1, 0.15) is 12.5 Å². The van der Waals surface area contributed by atoms with E-state index in [9.17, 15) is 14.4 Å². The van der Waals surface area contributed by atoms with Crippen molar-refractivity contribution in [1.29, 1.82) is 0 Å². The molecule has 1 aromatic carbocycles. The maximum atomic E-state index is 11.8. The molecule has 0 bridgehead atoms. The number of hydrogen-bond acceptors (Lipinski definition) is 4. The molecular formula is C14H18N2O5. The minimum Gasteiger partial charge on any atom is -0.480 e. The molecule has 21 heavy (non-hydrogen) atoms. The van der Waals surface area contributed by atoms with Crippen LogP contribution in [0.25, 0.3) is 0 Å². The molecule has 0 aliphatic carbocycles.